The van der Waals surface area contributed by atoms with Crippen LogP contribution in [0.3, 0.4) is 0 Å². The minimum absolute atomic E-state index is 0.231. The monoisotopic (exact) mass is 293 g/mol. The normalized spacial score (nSPS) is 21.4. The summed E-state index contributed by atoms with van der Waals surface area (Å²) < 4.78 is 5.65. The maximum atomic E-state index is 6.76. The number of benzene rings is 1. The van der Waals surface area contributed by atoms with Gasteiger partial charge in [0.25, 0.3) is 0 Å². The second-order valence-corrected chi connectivity index (χ2v) is 6.74. The molecule has 0 radical (unpaired) electrons. The molecule has 0 atom stereocenters. The summed E-state index contributed by atoms with van der Waals surface area (Å²) in [5.74, 6) is 0.830. The number of halogens is 1. The van der Waals surface area contributed by atoms with Gasteiger partial charge in [0.1, 0.15) is 5.75 Å². The van der Waals surface area contributed by atoms with Gasteiger partial charge in [-0.05, 0) is 55.7 Å². The number of ether oxygens (including phenoxy) is 1. The van der Waals surface area contributed by atoms with Crippen molar-refractivity contribution in [1.82, 2.24) is 0 Å². The molecule has 3 heteroatoms. The molecule has 0 amide bonds. The van der Waals surface area contributed by atoms with Crippen LogP contribution < -0.4 is 10.5 Å². The fraction of sp³-hybridized carbons (Fsp3) is 0.647. The van der Waals surface area contributed by atoms with Crippen molar-refractivity contribution in [2.75, 3.05) is 7.11 Å². The highest BCUT2D eigenvalue weighted by Gasteiger charge is 2.37. The van der Waals surface area contributed by atoms with Gasteiger partial charge in [0, 0.05) is 11.1 Å². The fourth-order valence-corrected chi connectivity index (χ4v) is 4.31. The number of hydrogen-bond donors (Lipinski definition) is 1. The van der Waals surface area contributed by atoms with E-state index in [1.54, 1.807) is 7.11 Å². The van der Waals surface area contributed by atoms with Gasteiger partial charge in [-0.25, -0.2) is 0 Å². The third-order valence-corrected chi connectivity index (χ3v) is 5.29. The SMILES string of the molecule is COc1c(Cl)cc2c(c1C1(N)CCCC1)CCCCC2. The number of hydrogen-bond acceptors (Lipinski definition) is 2. The van der Waals surface area contributed by atoms with Crippen molar-refractivity contribution in [3.8, 4) is 5.75 Å². The number of fused-ring (bicyclic) bond motifs is 1. The van der Waals surface area contributed by atoms with Gasteiger partial charge in [0.2, 0.25) is 0 Å². The van der Waals surface area contributed by atoms with Crippen LogP contribution in [0.25, 0.3) is 0 Å². The standard InChI is InChI=1S/C17H24ClNO/c1-20-16-14(18)11-12-7-3-2-4-8-13(12)15(16)17(19)9-5-6-10-17/h11H,2-10,19H2,1H3. The van der Waals surface area contributed by atoms with E-state index in [0.717, 1.165) is 36.5 Å². The maximum Gasteiger partial charge on any atom is 0.142 e. The van der Waals surface area contributed by atoms with Crippen LogP contribution in [0.1, 0.15) is 61.6 Å². The summed E-state index contributed by atoms with van der Waals surface area (Å²) in [6.07, 6.45) is 10.6. The predicted octanol–water partition coefficient (Wildman–Crippen LogP) is 4.35. The first-order valence-electron chi connectivity index (χ1n) is 7.83. The molecule has 20 heavy (non-hydrogen) atoms. The van der Waals surface area contributed by atoms with E-state index < -0.39 is 0 Å². The third-order valence-electron chi connectivity index (χ3n) is 5.01. The Morgan fingerprint density at radius 1 is 1.10 bits per heavy atom. The van der Waals surface area contributed by atoms with E-state index in [9.17, 15) is 0 Å². The summed E-state index contributed by atoms with van der Waals surface area (Å²) >= 11 is 6.48. The minimum Gasteiger partial charge on any atom is -0.495 e. The van der Waals surface area contributed by atoms with Crippen molar-refractivity contribution in [1.29, 1.82) is 0 Å². The molecule has 1 aromatic carbocycles. The van der Waals surface area contributed by atoms with Crippen molar-refractivity contribution in [2.24, 2.45) is 5.73 Å². The average Bonchev–Trinajstić information content (AvgIpc) is 2.74. The molecule has 0 aromatic heterocycles. The average molecular weight is 294 g/mol. The Morgan fingerprint density at radius 2 is 1.80 bits per heavy atom. The molecular weight excluding hydrogens is 270 g/mol. The van der Waals surface area contributed by atoms with E-state index in [0.29, 0.717) is 0 Å². The first kappa shape index (κ1) is 14.2. The summed E-state index contributed by atoms with van der Waals surface area (Å²) in [7, 11) is 1.71. The molecule has 2 N–H and O–H groups in total. The second-order valence-electron chi connectivity index (χ2n) is 6.33. The largest absolute Gasteiger partial charge is 0.495 e. The van der Waals surface area contributed by atoms with Crippen molar-refractivity contribution < 1.29 is 4.74 Å². The van der Waals surface area contributed by atoms with Crippen molar-refractivity contribution in [3.05, 3.63) is 27.8 Å². The summed E-state index contributed by atoms with van der Waals surface area (Å²) in [5, 5.41) is 0.736. The van der Waals surface area contributed by atoms with E-state index in [-0.39, 0.29) is 5.54 Å². The Hall–Kier alpha value is -0.730. The molecule has 2 nitrogen and oxygen atoms in total. The van der Waals surface area contributed by atoms with E-state index >= 15 is 0 Å². The number of methoxy groups -OCH3 is 1. The van der Waals surface area contributed by atoms with Gasteiger partial charge >= 0.3 is 0 Å². The van der Waals surface area contributed by atoms with Crippen LogP contribution in [0.5, 0.6) is 5.75 Å². The molecule has 0 unspecified atom stereocenters. The topological polar surface area (TPSA) is 35.2 Å². The lowest BCUT2D eigenvalue weighted by atomic mass is 9.82. The Labute approximate surface area is 126 Å². The molecule has 1 aromatic rings. The molecular formula is C17H24ClNO. The van der Waals surface area contributed by atoms with E-state index in [2.05, 4.69) is 6.07 Å². The lowest BCUT2D eigenvalue weighted by molar-refractivity contribution is 0.376. The van der Waals surface area contributed by atoms with Gasteiger partial charge in [-0.15, -0.1) is 0 Å². The maximum absolute atomic E-state index is 6.76. The molecule has 2 aliphatic carbocycles. The Balaban J connectivity index is 2.20. The Morgan fingerprint density at radius 3 is 2.50 bits per heavy atom. The molecule has 110 valence electrons. The molecule has 1 saturated carbocycles. The van der Waals surface area contributed by atoms with Crippen LogP contribution in [-0.2, 0) is 18.4 Å². The fourth-order valence-electron chi connectivity index (χ4n) is 4.01. The van der Waals surface area contributed by atoms with E-state index in [1.807, 2.05) is 0 Å². The molecule has 1 fully saturated rings. The highest BCUT2D eigenvalue weighted by atomic mass is 35.5. The highest BCUT2D eigenvalue weighted by Crippen LogP contribution is 2.47. The molecule has 0 aliphatic heterocycles. The highest BCUT2D eigenvalue weighted by molar-refractivity contribution is 6.32. The Bertz CT molecular complexity index is 506. The van der Waals surface area contributed by atoms with Gasteiger partial charge in [0.15, 0.2) is 0 Å². The molecule has 2 aliphatic rings. The van der Waals surface area contributed by atoms with Gasteiger partial charge in [0.05, 0.1) is 12.1 Å². The summed E-state index contributed by atoms with van der Waals surface area (Å²) in [6, 6.07) is 2.11. The number of nitrogens with two attached hydrogens (primary N) is 1. The molecule has 0 heterocycles. The van der Waals surface area contributed by atoms with Crippen LogP contribution in [0.4, 0.5) is 0 Å². The lowest BCUT2D eigenvalue weighted by Gasteiger charge is -2.31. The van der Waals surface area contributed by atoms with Crippen LogP contribution in [0.15, 0.2) is 6.07 Å². The van der Waals surface area contributed by atoms with Gasteiger partial charge < -0.3 is 10.5 Å². The van der Waals surface area contributed by atoms with Gasteiger partial charge in [-0.2, -0.15) is 0 Å². The zero-order valence-electron chi connectivity index (χ0n) is 12.3. The zero-order chi connectivity index (χ0) is 14.2. The molecule has 0 spiro atoms. The zero-order valence-corrected chi connectivity index (χ0v) is 13.1. The van der Waals surface area contributed by atoms with Crippen molar-refractivity contribution in [3.63, 3.8) is 0 Å². The van der Waals surface area contributed by atoms with Crippen LogP contribution in [0, 0.1) is 0 Å². The van der Waals surface area contributed by atoms with Crippen molar-refractivity contribution >= 4 is 11.6 Å². The second kappa shape index (κ2) is 5.57. The first-order valence-corrected chi connectivity index (χ1v) is 8.21. The summed E-state index contributed by atoms with van der Waals surface area (Å²) in [6.45, 7) is 0. The van der Waals surface area contributed by atoms with Gasteiger partial charge in [-0.3, -0.25) is 0 Å². The number of rotatable bonds is 2. The van der Waals surface area contributed by atoms with Crippen molar-refractivity contribution in [2.45, 2.75) is 63.3 Å². The van der Waals surface area contributed by atoms with Gasteiger partial charge in [-0.1, -0.05) is 30.9 Å². The molecule has 3 rings (SSSR count). The Kier molecular flexibility index (Phi) is 3.96. The minimum atomic E-state index is -0.231. The summed E-state index contributed by atoms with van der Waals surface area (Å²) in [4.78, 5) is 0. The van der Waals surface area contributed by atoms with E-state index in [1.165, 1.54) is 48.8 Å². The third kappa shape index (κ3) is 2.33. The molecule has 0 bridgehead atoms. The van der Waals surface area contributed by atoms with E-state index in [4.69, 9.17) is 22.1 Å². The summed E-state index contributed by atoms with van der Waals surface area (Å²) in [5.41, 5.74) is 10.6. The molecule has 0 saturated heterocycles. The van der Waals surface area contributed by atoms with Crippen LogP contribution in [0.2, 0.25) is 5.02 Å². The smallest absolute Gasteiger partial charge is 0.142 e. The van der Waals surface area contributed by atoms with Crippen LogP contribution in [-0.4, -0.2) is 7.11 Å². The quantitative estimate of drug-likeness (QED) is 0.823. The number of aryl methyl sites for hydroxylation is 1. The first-order chi connectivity index (χ1) is 9.65. The van der Waals surface area contributed by atoms with Crippen LogP contribution >= 0.6 is 11.6 Å². The predicted molar refractivity (Wildman–Crippen MR) is 83.6 cm³/mol. The lowest BCUT2D eigenvalue weighted by Crippen LogP contribution is -2.35.